The van der Waals surface area contributed by atoms with E-state index in [4.69, 9.17) is 14.5 Å². The van der Waals surface area contributed by atoms with Gasteiger partial charge in [0.25, 0.3) is 0 Å². The van der Waals surface area contributed by atoms with Crippen LogP contribution in [-0.4, -0.2) is 64.8 Å². The van der Waals surface area contributed by atoms with Crippen LogP contribution in [0.25, 0.3) is 5.69 Å². The predicted octanol–water partition coefficient (Wildman–Crippen LogP) is 3.03. The molecule has 0 saturated carbocycles. The van der Waals surface area contributed by atoms with Crippen molar-refractivity contribution in [2.24, 2.45) is 4.99 Å². The molecule has 2 aliphatic rings. The Morgan fingerprint density at radius 2 is 1.87 bits per heavy atom. The first kappa shape index (κ1) is 19.9. The molecule has 3 aromatic rings. The second-order valence-electron chi connectivity index (χ2n) is 7.86. The van der Waals surface area contributed by atoms with Crippen molar-refractivity contribution in [3.8, 4) is 11.4 Å². The number of aromatic nitrogens is 3. The molecule has 31 heavy (non-hydrogen) atoms. The van der Waals surface area contributed by atoms with Gasteiger partial charge in [-0.15, -0.1) is 10.2 Å². The Hall–Kier alpha value is -3.03. The zero-order chi connectivity index (χ0) is 21.0. The maximum atomic E-state index is 6.13. The van der Waals surface area contributed by atoms with E-state index in [9.17, 15) is 0 Å². The minimum atomic E-state index is 0.496. The summed E-state index contributed by atoms with van der Waals surface area (Å²) in [6, 6.07) is 16.5. The molecule has 0 spiro atoms. The van der Waals surface area contributed by atoms with Gasteiger partial charge in [-0.1, -0.05) is 30.3 Å². The minimum Gasteiger partial charge on any atom is -0.494 e. The molecule has 1 aromatic heterocycles. The highest BCUT2D eigenvalue weighted by molar-refractivity contribution is 6.15. The number of rotatable bonds is 6. The number of aliphatic imine (C=N–C) groups is 1. The molecular formula is C24H27N5O2. The molecule has 0 amide bonds. The lowest BCUT2D eigenvalue weighted by Gasteiger charge is -2.26. The molecule has 0 atom stereocenters. The van der Waals surface area contributed by atoms with Crippen molar-refractivity contribution < 1.29 is 9.47 Å². The van der Waals surface area contributed by atoms with Crippen molar-refractivity contribution in [1.29, 1.82) is 0 Å². The zero-order valence-corrected chi connectivity index (χ0v) is 17.8. The van der Waals surface area contributed by atoms with Gasteiger partial charge in [-0.05, 0) is 31.5 Å². The third kappa shape index (κ3) is 4.24. The van der Waals surface area contributed by atoms with E-state index in [1.165, 1.54) is 0 Å². The largest absolute Gasteiger partial charge is 0.494 e. The lowest BCUT2D eigenvalue weighted by molar-refractivity contribution is 0.0358. The highest BCUT2D eigenvalue weighted by Gasteiger charge is 2.22. The van der Waals surface area contributed by atoms with Gasteiger partial charge in [-0.2, -0.15) is 0 Å². The number of fused-ring (bicyclic) bond motifs is 3. The fraction of sp³-hybridized carbons (Fsp3) is 0.375. The fourth-order valence-corrected chi connectivity index (χ4v) is 4.19. The van der Waals surface area contributed by atoms with Gasteiger partial charge in [0.2, 0.25) is 0 Å². The van der Waals surface area contributed by atoms with Crippen molar-refractivity contribution in [2.45, 2.75) is 19.9 Å². The van der Waals surface area contributed by atoms with Gasteiger partial charge in [-0.25, -0.2) is 0 Å². The number of hydrogen-bond donors (Lipinski definition) is 0. The van der Waals surface area contributed by atoms with Gasteiger partial charge in [0.15, 0.2) is 5.82 Å². The molecule has 0 unspecified atom stereocenters. The van der Waals surface area contributed by atoms with Gasteiger partial charge < -0.3 is 9.47 Å². The molecular weight excluding hydrogens is 390 g/mol. The number of hydrogen-bond acceptors (Lipinski definition) is 6. The van der Waals surface area contributed by atoms with E-state index < -0.39 is 0 Å². The van der Waals surface area contributed by atoms with E-state index in [1.807, 2.05) is 31.2 Å². The Balaban J connectivity index is 1.39. The summed E-state index contributed by atoms with van der Waals surface area (Å²) in [6.45, 7) is 7.88. The molecule has 7 nitrogen and oxygen atoms in total. The fourth-order valence-electron chi connectivity index (χ4n) is 4.19. The molecule has 7 heteroatoms. The first-order valence-corrected chi connectivity index (χ1v) is 10.9. The molecule has 0 aliphatic carbocycles. The summed E-state index contributed by atoms with van der Waals surface area (Å²) in [7, 11) is 0. The van der Waals surface area contributed by atoms with Crippen LogP contribution in [0.3, 0.4) is 0 Å². The first-order chi connectivity index (χ1) is 15.3. The summed E-state index contributed by atoms with van der Waals surface area (Å²) in [6.07, 6.45) is 0.991. The summed E-state index contributed by atoms with van der Waals surface area (Å²) >= 11 is 0. The number of aryl methyl sites for hydroxylation is 1. The van der Waals surface area contributed by atoms with Crippen LogP contribution >= 0.6 is 0 Å². The van der Waals surface area contributed by atoms with Crippen molar-refractivity contribution in [3.63, 3.8) is 0 Å². The van der Waals surface area contributed by atoms with Gasteiger partial charge in [0.1, 0.15) is 18.1 Å². The van der Waals surface area contributed by atoms with Crippen molar-refractivity contribution in [2.75, 3.05) is 39.5 Å². The summed E-state index contributed by atoms with van der Waals surface area (Å²) < 4.78 is 13.6. The number of nitrogens with zero attached hydrogens (tertiary/aromatic N) is 5. The molecule has 0 N–H and O–H groups in total. The number of morpholine rings is 1. The van der Waals surface area contributed by atoms with Crippen LogP contribution in [0.5, 0.6) is 5.75 Å². The molecule has 2 aliphatic heterocycles. The molecule has 0 bridgehead atoms. The van der Waals surface area contributed by atoms with Gasteiger partial charge in [-0.3, -0.25) is 14.5 Å². The Labute approximate surface area is 182 Å². The molecule has 3 heterocycles. The van der Waals surface area contributed by atoms with E-state index in [0.717, 1.165) is 79.2 Å². The third-order valence-electron chi connectivity index (χ3n) is 5.77. The van der Waals surface area contributed by atoms with E-state index in [2.05, 4.69) is 43.9 Å². The Morgan fingerprint density at radius 3 is 2.71 bits per heavy atom. The second kappa shape index (κ2) is 8.99. The van der Waals surface area contributed by atoms with Gasteiger partial charge in [0, 0.05) is 30.8 Å². The molecule has 1 saturated heterocycles. The highest BCUT2D eigenvalue weighted by Crippen LogP contribution is 2.29. The van der Waals surface area contributed by atoms with Crippen LogP contribution in [0.15, 0.2) is 53.5 Å². The van der Waals surface area contributed by atoms with E-state index in [0.29, 0.717) is 13.2 Å². The van der Waals surface area contributed by atoms with Crippen LogP contribution in [0.1, 0.15) is 29.2 Å². The average molecular weight is 418 g/mol. The molecule has 160 valence electrons. The lowest BCUT2D eigenvalue weighted by Crippen LogP contribution is -2.37. The third-order valence-corrected chi connectivity index (χ3v) is 5.77. The maximum absolute atomic E-state index is 6.13. The molecule has 1 fully saturated rings. The van der Waals surface area contributed by atoms with Crippen LogP contribution in [0.2, 0.25) is 0 Å². The van der Waals surface area contributed by atoms with Crippen LogP contribution in [0, 0.1) is 6.92 Å². The molecule has 5 rings (SSSR count). The summed E-state index contributed by atoms with van der Waals surface area (Å²) in [5.74, 6) is 2.57. The normalized spacial score (nSPS) is 16.2. The SMILES string of the molecule is Cc1nnc2n1-c1ccc(OCCCN3CCOCC3)cc1C(c1ccccc1)=NC2. The molecule has 0 radical (unpaired) electrons. The standard InChI is InChI=1S/C24H27N5O2/c1-18-26-27-23-17-25-24(19-6-3-2-4-7-19)21-16-20(8-9-22(21)29(18)23)31-13-5-10-28-11-14-30-15-12-28/h2-4,6-9,16H,5,10-15,17H2,1H3. The number of benzene rings is 2. The number of ether oxygens (including phenoxy) is 2. The van der Waals surface area contributed by atoms with Gasteiger partial charge >= 0.3 is 0 Å². The van der Waals surface area contributed by atoms with Crippen LogP contribution in [-0.2, 0) is 11.3 Å². The average Bonchev–Trinajstić information content (AvgIpc) is 3.09. The van der Waals surface area contributed by atoms with Crippen molar-refractivity contribution in [1.82, 2.24) is 19.7 Å². The zero-order valence-electron chi connectivity index (χ0n) is 17.8. The Morgan fingerprint density at radius 1 is 1.03 bits per heavy atom. The van der Waals surface area contributed by atoms with Crippen LogP contribution in [0.4, 0.5) is 0 Å². The van der Waals surface area contributed by atoms with Crippen molar-refractivity contribution >= 4 is 5.71 Å². The summed E-state index contributed by atoms with van der Waals surface area (Å²) in [4.78, 5) is 7.34. The van der Waals surface area contributed by atoms with Crippen LogP contribution < -0.4 is 4.74 Å². The quantitative estimate of drug-likeness (QED) is 0.577. The highest BCUT2D eigenvalue weighted by atomic mass is 16.5. The van der Waals surface area contributed by atoms with E-state index in [1.54, 1.807) is 0 Å². The van der Waals surface area contributed by atoms with E-state index >= 15 is 0 Å². The summed E-state index contributed by atoms with van der Waals surface area (Å²) in [5.41, 5.74) is 4.13. The Kier molecular flexibility index (Phi) is 5.78. The summed E-state index contributed by atoms with van der Waals surface area (Å²) in [5, 5.41) is 8.59. The van der Waals surface area contributed by atoms with Gasteiger partial charge in [0.05, 0.1) is 31.2 Å². The maximum Gasteiger partial charge on any atom is 0.159 e. The monoisotopic (exact) mass is 417 g/mol. The second-order valence-corrected chi connectivity index (χ2v) is 7.86. The lowest BCUT2D eigenvalue weighted by atomic mass is 10.00. The minimum absolute atomic E-state index is 0.496. The first-order valence-electron chi connectivity index (χ1n) is 10.9. The van der Waals surface area contributed by atoms with E-state index in [-0.39, 0.29) is 0 Å². The predicted molar refractivity (Wildman–Crippen MR) is 119 cm³/mol. The molecule has 2 aromatic carbocycles. The Bertz CT molecular complexity index is 1070. The smallest absolute Gasteiger partial charge is 0.159 e. The topological polar surface area (TPSA) is 64.8 Å². The van der Waals surface area contributed by atoms with Crippen molar-refractivity contribution in [3.05, 3.63) is 71.3 Å².